The topological polar surface area (TPSA) is 52.7 Å². The van der Waals surface area contributed by atoms with Crippen molar-refractivity contribution in [1.29, 1.82) is 0 Å². The quantitative estimate of drug-likeness (QED) is 0.704. The summed E-state index contributed by atoms with van der Waals surface area (Å²) in [4.78, 5) is 29.1. The van der Waals surface area contributed by atoms with Crippen molar-refractivity contribution in [2.24, 2.45) is 5.92 Å². The number of hydrogen-bond acceptors (Lipinski definition) is 3. The minimum atomic E-state index is -0.0282. The summed E-state index contributed by atoms with van der Waals surface area (Å²) >= 11 is 7.01. The first kappa shape index (κ1) is 19.8. The summed E-state index contributed by atoms with van der Waals surface area (Å²) in [5.74, 6) is 0.423. The van der Waals surface area contributed by atoms with E-state index in [2.05, 4.69) is 42.1 Å². The van der Waals surface area contributed by atoms with E-state index in [0.717, 1.165) is 72.1 Å². The minimum Gasteiger partial charge on any atom is -0.342 e. The second kappa shape index (κ2) is 8.85. The lowest BCUT2D eigenvalue weighted by atomic mass is 9.95. The molecule has 0 unspecified atom stereocenters. The Hall–Kier alpha value is -0.920. The Morgan fingerprint density at radius 1 is 1.08 bits per heavy atom. The zero-order chi connectivity index (χ0) is 18.7. The van der Waals surface area contributed by atoms with Crippen LogP contribution in [0.25, 0.3) is 0 Å². The normalized spacial score (nSPS) is 19.0. The van der Waals surface area contributed by atoms with Gasteiger partial charge in [0.2, 0.25) is 11.8 Å². The predicted octanol–water partition coefficient (Wildman–Crippen LogP) is 3.79. The minimum absolute atomic E-state index is 0.0282. The summed E-state index contributed by atoms with van der Waals surface area (Å²) in [6.45, 7) is 5.80. The van der Waals surface area contributed by atoms with Crippen LogP contribution >= 0.6 is 31.9 Å². The molecule has 5 nitrogen and oxygen atoms in total. The van der Waals surface area contributed by atoms with Gasteiger partial charge in [0, 0.05) is 28.0 Å². The van der Waals surface area contributed by atoms with Gasteiger partial charge in [-0.15, -0.1) is 0 Å². The maximum Gasteiger partial charge on any atom is 0.238 e. The largest absolute Gasteiger partial charge is 0.342 e. The number of nitrogens with one attached hydrogen (secondary N) is 1. The van der Waals surface area contributed by atoms with E-state index in [1.165, 1.54) is 0 Å². The van der Waals surface area contributed by atoms with Gasteiger partial charge >= 0.3 is 0 Å². The van der Waals surface area contributed by atoms with E-state index in [0.29, 0.717) is 12.5 Å². The third kappa shape index (κ3) is 4.87. The molecular formula is C19H25Br2N3O2. The first-order valence-corrected chi connectivity index (χ1v) is 10.8. The summed E-state index contributed by atoms with van der Waals surface area (Å²) in [6, 6.07) is 3.96. The maximum absolute atomic E-state index is 12.5. The molecule has 0 aliphatic carbocycles. The smallest absolute Gasteiger partial charge is 0.238 e. The number of rotatable bonds is 4. The molecule has 2 saturated heterocycles. The third-order valence-electron chi connectivity index (χ3n) is 5.17. The molecule has 1 aromatic rings. The summed E-state index contributed by atoms with van der Waals surface area (Å²) in [6.07, 6.45) is 3.96. The molecular weight excluding hydrogens is 462 g/mol. The van der Waals surface area contributed by atoms with Gasteiger partial charge in [-0.25, -0.2) is 0 Å². The van der Waals surface area contributed by atoms with Crippen molar-refractivity contribution >= 4 is 49.4 Å². The third-order valence-corrected chi connectivity index (χ3v) is 6.42. The van der Waals surface area contributed by atoms with Crippen LogP contribution in [0.3, 0.4) is 0 Å². The number of halogens is 2. The van der Waals surface area contributed by atoms with Crippen LogP contribution in [-0.2, 0) is 9.59 Å². The highest BCUT2D eigenvalue weighted by molar-refractivity contribution is 9.11. The first-order chi connectivity index (χ1) is 12.4. The van der Waals surface area contributed by atoms with Gasteiger partial charge in [-0.2, -0.15) is 0 Å². The van der Waals surface area contributed by atoms with Crippen LogP contribution in [-0.4, -0.2) is 54.3 Å². The van der Waals surface area contributed by atoms with Crippen LogP contribution in [0.2, 0.25) is 0 Å². The van der Waals surface area contributed by atoms with Crippen LogP contribution in [0, 0.1) is 12.8 Å². The highest BCUT2D eigenvalue weighted by Gasteiger charge is 2.30. The molecule has 2 aliphatic heterocycles. The van der Waals surface area contributed by atoms with Crippen molar-refractivity contribution in [2.75, 3.05) is 38.0 Å². The lowest BCUT2D eigenvalue weighted by molar-refractivity contribution is -0.136. The molecule has 2 amide bonds. The highest BCUT2D eigenvalue weighted by atomic mass is 79.9. The molecule has 2 fully saturated rings. The SMILES string of the molecule is Cc1cc(Br)c(NC(=O)CN2CCC(C(=O)N3CCCC3)CC2)c(Br)c1. The zero-order valence-corrected chi connectivity index (χ0v) is 18.2. The average Bonchev–Trinajstić information content (AvgIpc) is 3.13. The Labute approximate surface area is 171 Å². The van der Waals surface area contributed by atoms with Gasteiger partial charge in [-0.05, 0) is 95.3 Å². The second-order valence-corrected chi connectivity index (χ2v) is 8.94. The number of piperidine rings is 1. The van der Waals surface area contributed by atoms with Crippen molar-refractivity contribution in [3.63, 3.8) is 0 Å². The molecule has 0 atom stereocenters. The standard InChI is InChI=1S/C19H25Br2N3O2/c1-13-10-15(20)18(16(21)11-13)22-17(25)12-23-8-4-14(5-9-23)19(26)24-6-2-3-7-24/h10-11,14H,2-9,12H2,1H3,(H,22,25). The summed E-state index contributed by atoms with van der Waals surface area (Å²) < 4.78 is 1.74. The van der Waals surface area contributed by atoms with Crippen molar-refractivity contribution in [3.05, 3.63) is 26.6 Å². The van der Waals surface area contributed by atoms with Gasteiger partial charge in [0.25, 0.3) is 0 Å². The molecule has 3 rings (SSSR count). The van der Waals surface area contributed by atoms with Gasteiger partial charge in [0.05, 0.1) is 12.2 Å². The van der Waals surface area contributed by atoms with Gasteiger partial charge in [-0.1, -0.05) is 0 Å². The van der Waals surface area contributed by atoms with Gasteiger partial charge in [0.1, 0.15) is 0 Å². The van der Waals surface area contributed by atoms with Crippen molar-refractivity contribution in [2.45, 2.75) is 32.6 Å². The van der Waals surface area contributed by atoms with Crippen molar-refractivity contribution in [1.82, 2.24) is 9.80 Å². The van der Waals surface area contributed by atoms with Crippen LogP contribution in [0.5, 0.6) is 0 Å². The molecule has 1 aromatic carbocycles. The predicted molar refractivity (Wildman–Crippen MR) is 110 cm³/mol. The van der Waals surface area contributed by atoms with Crippen molar-refractivity contribution < 1.29 is 9.59 Å². The molecule has 2 heterocycles. The fourth-order valence-corrected chi connectivity index (χ4v) is 5.35. The van der Waals surface area contributed by atoms with Crippen LogP contribution in [0.1, 0.15) is 31.2 Å². The zero-order valence-electron chi connectivity index (χ0n) is 15.1. The van der Waals surface area contributed by atoms with E-state index in [1.54, 1.807) is 0 Å². The number of carbonyl (C=O) groups is 2. The summed E-state index contributed by atoms with van der Waals surface area (Å²) in [5, 5.41) is 2.98. The molecule has 0 saturated carbocycles. The summed E-state index contributed by atoms with van der Waals surface area (Å²) in [7, 11) is 0. The van der Waals surface area contributed by atoms with Crippen LogP contribution < -0.4 is 5.32 Å². The number of benzene rings is 1. The van der Waals surface area contributed by atoms with Gasteiger partial charge in [0.15, 0.2) is 0 Å². The van der Waals surface area contributed by atoms with Crippen LogP contribution in [0.4, 0.5) is 5.69 Å². The number of aryl methyl sites for hydroxylation is 1. The highest BCUT2D eigenvalue weighted by Crippen LogP contribution is 2.32. The fourth-order valence-electron chi connectivity index (χ4n) is 3.74. The Morgan fingerprint density at radius 2 is 1.65 bits per heavy atom. The Kier molecular flexibility index (Phi) is 6.75. The number of carbonyl (C=O) groups excluding carboxylic acids is 2. The lowest BCUT2D eigenvalue weighted by Gasteiger charge is -2.32. The molecule has 142 valence electrons. The number of nitrogens with zero attached hydrogens (tertiary/aromatic N) is 2. The Morgan fingerprint density at radius 3 is 2.23 bits per heavy atom. The summed E-state index contributed by atoms with van der Waals surface area (Å²) in [5.41, 5.74) is 1.88. The van der Waals surface area contributed by atoms with Gasteiger partial charge in [-0.3, -0.25) is 14.5 Å². The fraction of sp³-hybridized carbons (Fsp3) is 0.579. The Bertz CT molecular complexity index is 658. The van der Waals surface area contributed by atoms with E-state index in [1.807, 2.05) is 24.0 Å². The van der Waals surface area contributed by atoms with E-state index in [9.17, 15) is 9.59 Å². The molecule has 0 spiro atoms. The maximum atomic E-state index is 12.5. The second-order valence-electron chi connectivity index (χ2n) is 7.23. The number of anilines is 1. The molecule has 2 aliphatic rings. The molecule has 7 heteroatoms. The molecule has 0 radical (unpaired) electrons. The Balaban J connectivity index is 1.48. The molecule has 26 heavy (non-hydrogen) atoms. The van der Waals surface area contributed by atoms with E-state index >= 15 is 0 Å². The monoisotopic (exact) mass is 485 g/mol. The molecule has 0 aromatic heterocycles. The van der Waals surface area contributed by atoms with Crippen molar-refractivity contribution in [3.8, 4) is 0 Å². The molecule has 0 bridgehead atoms. The number of hydrogen-bond donors (Lipinski definition) is 1. The van der Waals surface area contributed by atoms with Crippen LogP contribution in [0.15, 0.2) is 21.1 Å². The average molecular weight is 487 g/mol. The van der Waals surface area contributed by atoms with E-state index < -0.39 is 0 Å². The lowest BCUT2D eigenvalue weighted by Crippen LogP contribution is -2.43. The van der Waals surface area contributed by atoms with E-state index in [4.69, 9.17) is 0 Å². The number of amides is 2. The molecule has 1 N–H and O–H groups in total. The van der Waals surface area contributed by atoms with E-state index in [-0.39, 0.29) is 11.8 Å². The van der Waals surface area contributed by atoms with Gasteiger partial charge < -0.3 is 10.2 Å². The first-order valence-electron chi connectivity index (χ1n) is 9.20. The number of likely N-dealkylation sites (tertiary alicyclic amines) is 2.